The van der Waals surface area contributed by atoms with Crippen molar-refractivity contribution < 1.29 is 33.7 Å². The number of esters is 1. The Balaban J connectivity index is 1.90. The van der Waals surface area contributed by atoms with Gasteiger partial charge in [-0.2, -0.15) is 0 Å². The minimum Gasteiger partial charge on any atom is -0.507 e. The Hall–Kier alpha value is -4.44. The fourth-order valence-electron chi connectivity index (χ4n) is 4.05. The summed E-state index contributed by atoms with van der Waals surface area (Å²) in [5, 5.41) is 11.4. The van der Waals surface area contributed by atoms with Gasteiger partial charge in [0.2, 0.25) is 0 Å². The molecule has 9 nitrogen and oxygen atoms in total. The van der Waals surface area contributed by atoms with E-state index in [4.69, 9.17) is 14.2 Å². The Morgan fingerprint density at radius 2 is 1.92 bits per heavy atom. The summed E-state index contributed by atoms with van der Waals surface area (Å²) in [5.41, 5.74) is 1.08. The van der Waals surface area contributed by atoms with Gasteiger partial charge < -0.3 is 19.3 Å². The van der Waals surface area contributed by atoms with Gasteiger partial charge in [0, 0.05) is 5.56 Å². The van der Waals surface area contributed by atoms with Crippen LogP contribution in [-0.4, -0.2) is 48.1 Å². The molecule has 196 valence electrons. The first kappa shape index (κ1) is 26.6. The number of nitrogens with zero attached hydrogens (tertiary/aromatic N) is 2. The SMILES string of the molecule is C=CCOc1cccc(C2/C(=C(\O)c3ccc(OC)cc3)C(=O)C(=O)N2c2nc(C)c(C(=O)OCC)s2)c1. The highest BCUT2D eigenvalue weighted by Crippen LogP contribution is 2.44. The third-order valence-electron chi connectivity index (χ3n) is 5.80. The first-order valence-corrected chi connectivity index (χ1v) is 12.6. The highest BCUT2D eigenvalue weighted by Gasteiger charge is 2.48. The molecule has 0 bridgehead atoms. The number of rotatable bonds is 9. The van der Waals surface area contributed by atoms with E-state index in [2.05, 4.69) is 11.6 Å². The monoisotopic (exact) mass is 534 g/mol. The molecule has 0 saturated carbocycles. The zero-order chi connectivity index (χ0) is 27.4. The van der Waals surface area contributed by atoms with E-state index in [9.17, 15) is 19.5 Å². The average molecular weight is 535 g/mol. The van der Waals surface area contributed by atoms with Crippen molar-refractivity contribution >= 4 is 39.9 Å². The summed E-state index contributed by atoms with van der Waals surface area (Å²) < 4.78 is 16.0. The molecule has 0 aliphatic carbocycles. The Morgan fingerprint density at radius 3 is 2.58 bits per heavy atom. The van der Waals surface area contributed by atoms with E-state index in [-0.39, 0.29) is 34.6 Å². The van der Waals surface area contributed by atoms with Crippen LogP contribution in [0, 0.1) is 6.92 Å². The van der Waals surface area contributed by atoms with Crippen LogP contribution in [0.1, 0.15) is 39.5 Å². The number of methoxy groups -OCH3 is 1. The second-order valence-electron chi connectivity index (χ2n) is 8.20. The summed E-state index contributed by atoms with van der Waals surface area (Å²) in [6, 6.07) is 12.3. The maximum atomic E-state index is 13.4. The van der Waals surface area contributed by atoms with Crippen LogP contribution in [0.5, 0.6) is 11.5 Å². The molecular formula is C28H26N2O7S. The number of aliphatic hydroxyl groups is 1. The van der Waals surface area contributed by atoms with E-state index in [0.717, 1.165) is 11.3 Å². The molecule has 1 saturated heterocycles. The molecule has 0 radical (unpaired) electrons. The second-order valence-corrected chi connectivity index (χ2v) is 9.18. The van der Waals surface area contributed by atoms with Crippen molar-refractivity contribution in [2.45, 2.75) is 19.9 Å². The summed E-state index contributed by atoms with van der Waals surface area (Å²) >= 11 is 0.944. The fourth-order valence-corrected chi connectivity index (χ4v) is 5.04. The lowest BCUT2D eigenvalue weighted by atomic mass is 9.95. The summed E-state index contributed by atoms with van der Waals surface area (Å²) in [6.07, 6.45) is 1.59. The van der Waals surface area contributed by atoms with E-state index < -0.39 is 23.7 Å². The Bertz CT molecular complexity index is 1430. The molecule has 1 aliphatic heterocycles. The number of carbonyl (C=O) groups is 3. The van der Waals surface area contributed by atoms with Crippen molar-refractivity contribution in [3.8, 4) is 11.5 Å². The zero-order valence-corrected chi connectivity index (χ0v) is 21.9. The molecule has 1 aromatic heterocycles. The Morgan fingerprint density at radius 1 is 1.18 bits per heavy atom. The van der Waals surface area contributed by atoms with Crippen LogP contribution in [0.4, 0.5) is 5.13 Å². The van der Waals surface area contributed by atoms with Gasteiger partial charge in [-0.05, 0) is 55.8 Å². The standard InChI is InChI=1S/C28H26N2O7S/c1-5-14-37-20-9-7-8-18(15-20)22-21(23(31)17-10-12-19(35-4)13-11-17)24(32)26(33)30(22)28-29-16(3)25(38-28)27(34)36-6-2/h5,7-13,15,22,31H,1,6,14H2,2-4H3/b23-21+. The van der Waals surface area contributed by atoms with Crippen LogP contribution in [0.3, 0.4) is 0 Å². The summed E-state index contributed by atoms with van der Waals surface area (Å²) in [6.45, 7) is 7.39. The maximum Gasteiger partial charge on any atom is 0.350 e. The largest absolute Gasteiger partial charge is 0.507 e. The van der Waals surface area contributed by atoms with Crippen LogP contribution in [0.2, 0.25) is 0 Å². The Kier molecular flexibility index (Phi) is 7.92. The number of anilines is 1. The molecule has 1 amide bonds. The van der Waals surface area contributed by atoms with Crippen LogP contribution >= 0.6 is 11.3 Å². The summed E-state index contributed by atoms with van der Waals surface area (Å²) in [4.78, 5) is 45.1. The first-order valence-electron chi connectivity index (χ1n) is 11.7. The number of ether oxygens (including phenoxy) is 3. The van der Waals surface area contributed by atoms with Crippen molar-refractivity contribution in [2.75, 3.05) is 25.2 Å². The van der Waals surface area contributed by atoms with E-state index in [0.29, 0.717) is 28.3 Å². The lowest BCUT2D eigenvalue weighted by Gasteiger charge is -2.23. The Labute approximate surface area is 223 Å². The van der Waals surface area contributed by atoms with Gasteiger partial charge in [-0.15, -0.1) is 0 Å². The molecule has 1 unspecified atom stereocenters. The van der Waals surface area contributed by atoms with Crippen molar-refractivity contribution in [2.24, 2.45) is 0 Å². The molecule has 4 rings (SSSR count). The van der Waals surface area contributed by atoms with Gasteiger partial charge in [-0.1, -0.05) is 36.1 Å². The fraction of sp³-hybridized carbons (Fsp3) is 0.214. The van der Waals surface area contributed by atoms with Gasteiger partial charge in [-0.3, -0.25) is 14.5 Å². The summed E-state index contributed by atoms with van der Waals surface area (Å²) in [5.74, 6) is -1.64. The van der Waals surface area contributed by atoms with E-state index in [1.807, 2.05) is 0 Å². The lowest BCUT2D eigenvalue weighted by Crippen LogP contribution is -2.29. The highest BCUT2D eigenvalue weighted by molar-refractivity contribution is 7.17. The van der Waals surface area contributed by atoms with Gasteiger partial charge in [0.1, 0.15) is 28.7 Å². The molecule has 1 fully saturated rings. The number of aromatic nitrogens is 1. The van der Waals surface area contributed by atoms with Gasteiger partial charge in [0.25, 0.3) is 5.78 Å². The predicted octanol–water partition coefficient (Wildman–Crippen LogP) is 4.83. The molecule has 2 aromatic carbocycles. The third kappa shape index (κ3) is 5.03. The number of hydrogen-bond donors (Lipinski definition) is 1. The minimum absolute atomic E-state index is 0.119. The number of amides is 1. The van der Waals surface area contributed by atoms with Crippen molar-refractivity contribution in [1.29, 1.82) is 0 Å². The number of Topliss-reactive ketones (excluding diaryl/α,β-unsaturated/α-hetero) is 1. The number of hydrogen-bond acceptors (Lipinski definition) is 9. The number of ketones is 1. The third-order valence-corrected chi connectivity index (χ3v) is 6.94. The van der Waals surface area contributed by atoms with Gasteiger partial charge in [0.05, 0.1) is 31.0 Å². The zero-order valence-electron chi connectivity index (χ0n) is 21.1. The van der Waals surface area contributed by atoms with Crippen LogP contribution in [0.15, 0.2) is 66.8 Å². The number of thiazole rings is 1. The van der Waals surface area contributed by atoms with Crippen LogP contribution < -0.4 is 14.4 Å². The van der Waals surface area contributed by atoms with E-state index >= 15 is 0 Å². The van der Waals surface area contributed by atoms with Gasteiger partial charge in [0.15, 0.2) is 5.13 Å². The first-order chi connectivity index (χ1) is 18.3. The number of benzene rings is 2. The minimum atomic E-state index is -1.04. The summed E-state index contributed by atoms with van der Waals surface area (Å²) in [7, 11) is 1.52. The average Bonchev–Trinajstić information content (AvgIpc) is 3.44. The second kappa shape index (κ2) is 11.3. The maximum absolute atomic E-state index is 13.4. The van der Waals surface area contributed by atoms with Gasteiger partial charge >= 0.3 is 11.9 Å². The number of carbonyl (C=O) groups excluding carboxylic acids is 3. The van der Waals surface area contributed by atoms with Gasteiger partial charge in [-0.25, -0.2) is 9.78 Å². The molecule has 10 heteroatoms. The molecule has 0 spiro atoms. The topological polar surface area (TPSA) is 115 Å². The number of aliphatic hydroxyl groups excluding tert-OH is 1. The van der Waals surface area contributed by atoms with Crippen molar-refractivity contribution in [3.05, 3.63) is 88.5 Å². The molecular weight excluding hydrogens is 508 g/mol. The smallest absolute Gasteiger partial charge is 0.350 e. The molecule has 1 N–H and O–H groups in total. The molecule has 2 heterocycles. The molecule has 38 heavy (non-hydrogen) atoms. The van der Waals surface area contributed by atoms with E-state index in [1.165, 1.54) is 12.0 Å². The highest BCUT2D eigenvalue weighted by atomic mass is 32.1. The quantitative estimate of drug-likeness (QED) is 0.137. The van der Waals surface area contributed by atoms with Crippen LogP contribution in [0.25, 0.3) is 5.76 Å². The van der Waals surface area contributed by atoms with E-state index in [1.54, 1.807) is 68.5 Å². The van der Waals surface area contributed by atoms with Crippen LogP contribution in [-0.2, 0) is 14.3 Å². The number of aryl methyl sites for hydroxylation is 1. The van der Waals surface area contributed by atoms with Crippen molar-refractivity contribution in [1.82, 2.24) is 4.98 Å². The lowest BCUT2D eigenvalue weighted by molar-refractivity contribution is -0.132. The normalized spacial score (nSPS) is 16.4. The van der Waals surface area contributed by atoms with Crippen molar-refractivity contribution in [3.63, 3.8) is 0 Å². The molecule has 1 aliphatic rings. The predicted molar refractivity (Wildman–Crippen MR) is 143 cm³/mol. The molecule has 1 atom stereocenters. The molecule has 3 aromatic rings.